The summed E-state index contributed by atoms with van der Waals surface area (Å²) in [6, 6.07) is 16.7. The van der Waals surface area contributed by atoms with Gasteiger partial charge in [-0.2, -0.15) is 0 Å². The molecule has 1 unspecified atom stereocenters. The molecule has 0 spiro atoms. The van der Waals surface area contributed by atoms with E-state index in [2.05, 4.69) is 60.9 Å². The Bertz CT molecular complexity index is 901. The maximum Gasteiger partial charge on any atom is 0.222 e. The molecule has 0 aliphatic carbocycles. The highest BCUT2D eigenvalue weighted by atomic mass is 127. The van der Waals surface area contributed by atoms with Gasteiger partial charge in [-0.05, 0) is 54.5 Å². The van der Waals surface area contributed by atoms with Crippen molar-refractivity contribution in [3.63, 3.8) is 0 Å². The van der Waals surface area contributed by atoms with Crippen molar-refractivity contribution < 1.29 is 9.53 Å². The van der Waals surface area contributed by atoms with Crippen molar-refractivity contribution >= 4 is 35.8 Å². The van der Waals surface area contributed by atoms with Crippen LogP contribution in [0.4, 0.5) is 0 Å². The average molecular weight is 565 g/mol. The minimum absolute atomic E-state index is 0. The van der Waals surface area contributed by atoms with Crippen LogP contribution in [0.5, 0.6) is 5.75 Å². The zero-order valence-corrected chi connectivity index (χ0v) is 22.3. The Kier molecular flexibility index (Phi) is 11.5. The Morgan fingerprint density at radius 2 is 1.91 bits per heavy atom. The van der Waals surface area contributed by atoms with Crippen molar-refractivity contribution in [1.82, 2.24) is 15.5 Å². The number of amides is 1. The molecule has 2 aromatic carbocycles. The van der Waals surface area contributed by atoms with E-state index < -0.39 is 0 Å². The zero-order valence-electron chi connectivity index (χ0n) is 20.0. The van der Waals surface area contributed by atoms with E-state index >= 15 is 0 Å². The molecule has 0 bridgehead atoms. The second kappa shape index (κ2) is 14.1. The van der Waals surface area contributed by atoms with Crippen LogP contribution in [-0.4, -0.2) is 43.5 Å². The van der Waals surface area contributed by atoms with E-state index in [1.807, 2.05) is 17.0 Å². The second-order valence-corrected chi connectivity index (χ2v) is 8.32. The molecule has 1 heterocycles. The van der Waals surface area contributed by atoms with Crippen LogP contribution in [0.2, 0.25) is 0 Å². The quantitative estimate of drug-likeness (QED) is 0.250. The summed E-state index contributed by atoms with van der Waals surface area (Å²) in [5.74, 6) is 2.42. The number of rotatable bonds is 10. The summed E-state index contributed by atoms with van der Waals surface area (Å²) in [4.78, 5) is 18.6. The zero-order chi connectivity index (χ0) is 22.8. The van der Waals surface area contributed by atoms with Crippen LogP contribution in [0.15, 0.2) is 53.5 Å². The molecule has 33 heavy (non-hydrogen) atoms. The molecule has 180 valence electrons. The summed E-state index contributed by atoms with van der Waals surface area (Å²) in [7, 11) is 1.69. The highest BCUT2D eigenvalue weighted by Crippen LogP contribution is 2.21. The van der Waals surface area contributed by atoms with Gasteiger partial charge in [-0.25, -0.2) is 4.99 Å². The van der Waals surface area contributed by atoms with Gasteiger partial charge < -0.3 is 20.3 Å². The standard InChI is InChI=1S/C26H36N4O2.HI/c1-4-27-26(28-15-14-20(2)23-10-12-24(32-3)13-11-23)29-18-21-7-5-8-22(17-21)19-30-16-6-9-25(30)31;/h5,7-8,10-13,17,20H,4,6,9,14-16,18-19H2,1-3H3,(H2,27,28,29);1H. The van der Waals surface area contributed by atoms with Gasteiger partial charge in [-0.3, -0.25) is 4.79 Å². The Hall–Kier alpha value is -2.29. The van der Waals surface area contributed by atoms with Gasteiger partial charge in [-0.1, -0.05) is 43.3 Å². The summed E-state index contributed by atoms with van der Waals surface area (Å²) < 4.78 is 5.24. The molecule has 3 rings (SSSR count). The number of hydrogen-bond donors (Lipinski definition) is 2. The van der Waals surface area contributed by atoms with Crippen LogP contribution in [0.25, 0.3) is 0 Å². The molecule has 7 heteroatoms. The predicted octanol–water partition coefficient (Wildman–Crippen LogP) is 4.68. The van der Waals surface area contributed by atoms with E-state index in [0.717, 1.165) is 49.7 Å². The topological polar surface area (TPSA) is 66.0 Å². The summed E-state index contributed by atoms with van der Waals surface area (Å²) in [5.41, 5.74) is 3.63. The number of aliphatic imine (C=N–C) groups is 1. The molecule has 1 aliphatic rings. The first kappa shape index (κ1) is 27.0. The fourth-order valence-corrected chi connectivity index (χ4v) is 3.94. The molecule has 1 fully saturated rings. The minimum atomic E-state index is 0. The number of guanidine groups is 1. The third kappa shape index (κ3) is 8.53. The van der Waals surface area contributed by atoms with Crippen molar-refractivity contribution in [1.29, 1.82) is 0 Å². The molecule has 1 amide bonds. The van der Waals surface area contributed by atoms with E-state index in [1.54, 1.807) is 7.11 Å². The molecule has 1 saturated heterocycles. The molecule has 1 atom stereocenters. The van der Waals surface area contributed by atoms with Crippen LogP contribution >= 0.6 is 24.0 Å². The number of methoxy groups -OCH3 is 1. The molecule has 0 radical (unpaired) electrons. The van der Waals surface area contributed by atoms with Gasteiger partial charge in [0.2, 0.25) is 5.91 Å². The number of likely N-dealkylation sites (tertiary alicyclic amines) is 1. The molecule has 0 saturated carbocycles. The van der Waals surface area contributed by atoms with Crippen LogP contribution in [0.3, 0.4) is 0 Å². The minimum Gasteiger partial charge on any atom is -0.497 e. The fraction of sp³-hybridized carbons (Fsp3) is 0.462. The van der Waals surface area contributed by atoms with Crippen LogP contribution in [0.1, 0.15) is 55.7 Å². The molecule has 2 N–H and O–H groups in total. The van der Waals surface area contributed by atoms with Crippen LogP contribution < -0.4 is 15.4 Å². The monoisotopic (exact) mass is 564 g/mol. The number of nitrogens with zero attached hydrogens (tertiary/aromatic N) is 2. The second-order valence-electron chi connectivity index (χ2n) is 8.32. The average Bonchev–Trinajstić information content (AvgIpc) is 3.22. The first-order valence-electron chi connectivity index (χ1n) is 11.6. The lowest BCUT2D eigenvalue weighted by Crippen LogP contribution is -2.38. The number of benzene rings is 2. The van der Waals surface area contributed by atoms with Crippen LogP contribution in [-0.2, 0) is 17.9 Å². The van der Waals surface area contributed by atoms with Gasteiger partial charge in [0.15, 0.2) is 5.96 Å². The van der Waals surface area contributed by atoms with E-state index in [4.69, 9.17) is 9.73 Å². The summed E-state index contributed by atoms with van der Waals surface area (Å²) in [5, 5.41) is 6.78. The normalized spacial score (nSPS) is 14.6. The molecular weight excluding hydrogens is 527 g/mol. The molecule has 1 aliphatic heterocycles. The number of hydrogen-bond acceptors (Lipinski definition) is 3. The van der Waals surface area contributed by atoms with Crippen molar-refractivity contribution in [2.45, 2.75) is 52.1 Å². The van der Waals surface area contributed by atoms with Gasteiger partial charge in [0, 0.05) is 32.6 Å². The number of halogens is 1. The summed E-state index contributed by atoms with van der Waals surface area (Å²) in [6.45, 7) is 8.13. The lowest BCUT2D eigenvalue weighted by Gasteiger charge is -2.16. The van der Waals surface area contributed by atoms with Crippen molar-refractivity contribution in [2.75, 3.05) is 26.7 Å². The largest absolute Gasteiger partial charge is 0.497 e. The number of carbonyl (C=O) groups excluding carboxylic acids is 1. The Balaban J connectivity index is 0.00000385. The Morgan fingerprint density at radius 3 is 2.58 bits per heavy atom. The first-order valence-corrected chi connectivity index (χ1v) is 11.6. The summed E-state index contributed by atoms with van der Waals surface area (Å²) >= 11 is 0. The lowest BCUT2D eigenvalue weighted by atomic mass is 9.98. The number of ether oxygens (including phenoxy) is 1. The highest BCUT2D eigenvalue weighted by Gasteiger charge is 2.19. The highest BCUT2D eigenvalue weighted by molar-refractivity contribution is 14.0. The smallest absolute Gasteiger partial charge is 0.222 e. The number of carbonyl (C=O) groups is 1. The van der Waals surface area contributed by atoms with Gasteiger partial charge in [0.25, 0.3) is 0 Å². The molecule has 6 nitrogen and oxygen atoms in total. The SMILES string of the molecule is CCNC(=NCc1cccc(CN2CCCC2=O)c1)NCCC(C)c1ccc(OC)cc1.I. The van der Waals surface area contributed by atoms with Gasteiger partial charge in [0.1, 0.15) is 5.75 Å². The third-order valence-electron chi connectivity index (χ3n) is 5.85. The Labute approximate surface area is 215 Å². The number of nitrogens with one attached hydrogen (secondary N) is 2. The molecular formula is C26H37IN4O2. The van der Waals surface area contributed by atoms with Crippen molar-refractivity contribution in [3.8, 4) is 5.75 Å². The lowest BCUT2D eigenvalue weighted by molar-refractivity contribution is -0.128. The summed E-state index contributed by atoms with van der Waals surface area (Å²) in [6.07, 6.45) is 2.66. The van der Waals surface area contributed by atoms with E-state index in [0.29, 0.717) is 25.4 Å². The fourth-order valence-electron chi connectivity index (χ4n) is 3.94. The van der Waals surface area contributed by atoms with Gasteiger partial charge in [-0.15, -0.1) is 24.0 Å². The maximum absolute atomic E-state index is 11.9. The third-order valence-corrected chi connectivity index (χ3v) is 5.85. The maximum atomic E-state index is 11.9. The predicted molar refractivity (Wildman–Crippen MR) is 145 cm³/mol. The first-order chi connectivity index (χ1) is 15.6. The van der Waals surface area contributed by atoms with Crippen molar-refractivity contribution in [2.24, 2.45) is 4.99 Å². The van der Waals surface area contributed by atoms with E-state index in [9.17, 15) is 4.79 Å². The van der Waals surface area contributed by atoms with Gasteiger partial charge >= 0.3 is 0 Å². The molecule has 0 aromatic heterocycles. The van der Waals surface area contributed by atoms with Crippen LogP contribution in [0, 0.1) is 0 Å². The Morgan fingerprint density at radius 1 is 1.15 bits per heavy atom. The van der Waals surface area contributed by atoms with E-state index in [-0.39, 0.29) is 29.9 Å². The van der Waals surface area contributed by atoms with Gasteiger partial charge in [0.05, 0.1) is 13.7 Å². The van der Waals surface area contributed by atoms with Crippen molar-refractivity contribution in [3.05, 3.63) is 65.2 Å². The molecule has 2 aromatic rings. The van der Waals surface area contributed by atoms with E-state index in [1.165, 1.54) is 11.1 Å².